The molecule has 0 aromatic carbocycles. The van der Waals surface area contributed by atoms with Crippen LogP contribution in [-0.2, 0) is 15.8 Å². The van der Waals surface area contributed by atoms with Gasteiger partial charge in [0.1, 0.15) is 0 Å². The zero-order valence-corrected chi connectivity index (χ0v) is 12.3. The molecule has 1 unspecified atom stereocenters. The minimum Gasteiger partial charge on any atom is -0.313 e. The van der Waals surface area contributed by atoms with Crippen LogP contribution in [0.5, 0.6) is 0 Å². The maximum atomic E-state index is 11.9. The van der Waals surface area contributed by atoms with E-state index in [1.54, 1.807) is 24.5 Å². The highest BCUT2D eigenvalue weighted by molar-refractivity contribution is 7.88. The zero-order chi connectivity index (χ0) is 12.8. The molecule has 1 fully saturated rings. The van der Waals surface area contributed by atoms with Crippen LogP contribution in [0.2, 0.25) is 0 Å². The fraction of sp³-hybridized carbons (Fsp3) is 0.583. The van der Waals surface area contributed by atoms with Crippen LogP contribution in [-0.4, -0.2) is 32.5 Å². The van der Waals surface area contributed by atoms with Crippen molar-refractivity contribution in [2.24, 2.45) is 0 Å². The fourth-order valence-corrected chi connectivity index (χ4v) is 3.26. The van der Waals surface area contributed by atoms with Gasteiger partial charge in [-0.25, -0.2) is 13.1 Å². The van der Waals surface area contributed by atoms with Gasteiger partial charge in [-0.05, 0) is 37.1 Å². The van der Waals surface area contributed by atoms with E-state index in [1.165, 1.54) is 12.8 Å². The highest BCUT2D eigenvalue weighted by atomic mass is 35.5. The van der Waals surface area contributed by atoms with Crippen molar-refractivity contribution in [1.29, 1.82) is 0 Å². The van der Waals surface area contributed by atoms with Gasteiger partial charge < -0.3 is 5.32 Å². The fourth-order valence-electron chi connectivity index (χ4n) is 2.08. The predicted octanol–water partition coefficient (Wildman–Crippen LogP) is 1.06. The lowest BCUT2D eigenvalue weighted by atomic mass is 10.1. The number of halogens is 1. The van der Waals surface area contributed by atoms with E-state index in [2.05, 4.69) is 15.0 Å². The Balaban J connectivity index is 0.00000180. The lowest BCUT2D eigenvalue weighted by Gasteiger charge is -2.23. The van der Waals surface area contributed by atoms with Gasteiger partial charge in [0.2, 0.25) is 10.0 Å². The summed E-state index contributed by atoms with van der Waals surface area (Å²) in [6.45, 7) is 1.46. The van der Waals surface area contributed by atoms with Gasteiger partial charge in [0.15, 0.2) is 0 Å². The molecule has 2 heterocycles. The number of piperidine rings is 1. The van der Waals surface area contributed by atoms with Crippen molar-refractivity contribution in [3.63, 3.8) is 0 Å². The maximum Gasteiger partial charge on any atom is 0.215 e. The van der Waals surface area contributed by atoms with Crippen LogP contribution < -0.4 is 10.0 Å². The Labute approximate surface area is 120 Å². The van der Waals surface area contributed by atoms with E-state index in [1.807, 2.05) is 0 Å². The van der Waals surface area contributed by atoms with E-state index < -0.39 is 10.0 Å². The van der Waals surface area contributed by atoms with Crippen molar-refractivity contribution in [2.75, 3.05) is 13.1 Å². The molecular weight excluding hydrogens is 286 g/mol. The highest BCUT2D eigenvalue weighted by Crippen LogP contribution is 2.07. The first-order valence-corrected chi connectivity index (χ1v) is 7.90. The van der Waals surface area contributed by atoms with Gasteiger partial charge in [-0.1, -0.05) is 6.42 Å². The van der Waals surface area contributed by atoms with Gasteiger partial charge >= 0.3 is 0 Å². The van der Waals surface area contributed by atoms with E-state index in [0.717, 1.165) is 18.5 Å². The van der Waals surface area contributed by atoms with Crippen LogP contribution in [0, 0.1) is 0 Å². The van der Waals surface area contributed by atoms with Gasteiger partial charge in [0.25, 0.3) is 0 Å². The number of hydrogen-bond acceptors (Lipinski definition) is 4. The van der Waals surface area contributed by atoms with Crippen molar-refractivity contribution in [1.82, 2.24) is 15.0 Å². The number of sulfonamides is 1. The molecule has 108 valence electrons. The van der Waals surface area contributed by atoms with Crippen LogP contribution in [0.1, 0.15) is 24.8 Å². The van der Waals surface area contributed by atoms with Crippen LogP contribution in [0.15, 0.2) is 24.5 Å². The first kappa shape index (κ1) is 16.4. The Hall–Kier alpha value is -0.690. The molecule has 2 N–H and O–H groups in total. The monoisotopic (exact) mass is 305 g/mol. The molecule has 1 aliphatic rings. The normalized spacial score (nSPS) is 19.7. The van der Waals surface area contributed by atoms with E-state index in [9.17, 15) is 8.42 Å². The minimum atomic E-state index is -3.25. The molecular formula is C12H20ClN3O2S. The Morgan fingerprint density at radius 2 is 2.05 bits per heavy atom. The van der Waals surface area contributed by atoms with Crippen molar-refractivity contribution >= 4 is 22.4 Å². The molecule has 0 spiro atoms. The summed E-state index contributed by atoms with van der Waals surface area (Å²) >= 11 is 0. The molecule has 0 amide bonds. The predicted molar refractivity (Wildman–Crippen MR) is 77.8 cm³/mol. The smallest absolute Gasteiger partial charge is 0.215 e. The Morgan fingerprint density at radius 3 is 2.68 bits per heavy atom. The second kappa shape index (κ2) is 7.79. The average molecular weight is 306 g/mol. The first-order valence-electron chi connectivity index (χ1n) is 6.25. The van der Waals surface area contributed by atoms with E-state index in [0.29, 0.717) is 6.54 Å². The van der Waals surface area contributed by atoms with Gasteiger partial charge in [-0.15, -0.1) is 12.4 Å². The second-order valence-electron chi connectivity index (χ2n) is 4.61. The zero-order valence-electron chi connectivity index (χ0n) is 10.7. The summed E-state index contributed by atoms with van der Waals surface area (Å²) in [5, 5.41) is 3.32. The molecule has 2 rings (SSSR count). The van der Waals surface area contributed by atoms with Crippen LogP contribution in [0.3, 0.4) is 0 Å². The SMILES string of the molecule is Cl.O=S(=O)(Cc1ccncc1)NCC1CCCCN1. The molecule has 0 saturated carbocycles. The quantitative estimate of drug-likeness (QED) is 0.853. The molecule has 0 bridgehead atoms. The van der Waals surface area contributed by atoms with Gasteiger partial charge in [0, 0.05) is 25.0 Å². The summed E-state index contributed by atoms with van der Waals surface area (Å²) in [4.78, 5) is 3.87. The molecule has 1 saturated heterocycles. The molecule has 7 heteroatoms. The summed E-state index contributed by atoms with van der Waals surface area (Å²) in [5.41, 5.74) is 0.758. The lowest BCUT2D eigenvalue weighted by Crippen LogP contribution is -2.43. The molecule has 5 nitrogen and oxygen atoms in total. The third kappa shape index (κ3) is 5.86. The number of nitrogens with zero attached hydrogens (tertiary/aromatic N) is 1. The van der Waals surface area contributed by atoms with Crippen molar-refractivity contribution in [3.8, 4) is 0 Å². The molecule has 1 aromatic rings. The number of pyridine rings is 1. The van der Waals surface area contributed by atoms with Crippen LogP contribution in [0.25, 0.3) is 0 Å². The standard InChI is InChI=1S/C12H19N3O2S.ClH/c16-18(17,10-11-4-7-13-8-5-11)15-9-12-3-1-2-6-14-12;/h4-5,7-8,12,14-15H,1-3,6,9-10H2;1H. The van der Waals surface area contributed by atoms with Gasteiger partial charge in [0.05, 0.1) is 5.75 Å². The van der Waals surface area contributed by atoms with Crippen LogP contribution >= 0.6 is 12.4 Å². The van der Waals surface area contributed by atoms with Crippen molar-refractivity contribution in [2.45, 2.75) is 31.1 Å². The third-order valence-electron chi connectivity index (χ3n) is 3.07. The molecule has 1 aromatic heterocycles. The molecule has 1 aliphatic heterocycles. The van der Waals surface area contributed by atoms with Crippen molar-refractivity contribution < 1.29 is 8.42 Å². The Kier molecular flexibility index (Phi) is 6.71. The summed E-state index contributed by atoms with van der Waals surface area (Å²) in [6, 6.07) is 3.71. The number of rotatable bonds is 5. The van der Waals surface area contributed by atoms with Crippen molar-refractivity contribution in [3.05, 3.63) is 30.1 Å². The summed E-state index contributed by atoms with van der Waals surface area (Å²) in [7, 11) is -3.25. The summed E-state index contributed by atoms with van der Waals surface area (Å²) in [5.74, 6) is 0.0161. The molecule has 1 atom stereocenters. The topological polar surface area (TPSA) is 71.1 Å². The molecule has 19 heavy (non-hydrogen) atoms. The number of aromatic nitrogens is 1. The highest BCUT2D eigenvalue weighted by Gasteiger charge is 2.16. The minimum absolute atomic E-state index is 0. The second-order valence-corrected chi connectivity index (χ2v) is 6.42. The van der Waals surface area contributed by atoms with E-state index in [4.69, 9.17) is 0 Å². The Bertz CT molecular complexity index is 461. The van der Waals surface area contributed by atoms with Gasteiger partial charge in [-0.3, -0.25) is 4.98 Å². The molecule has 0 radical (unpaired) electrons. The number of nitrogens with one attached hydrogen (secondary N) is 2. The van der Waals surface area contributed by atoms with E-state index in [-0.39, 0.29) is 24.2 Å². The van der Waals surface area contributed by atoms with Gasteiger partial charge in [-0.2, -0.15) is 0 Å². The lowest BCUT2D eigenvalue weighted by molar-refractivity contribution is 0.398. The average Bonchev–Trinajstić information content (AvgIpc) is 2.38. The van der Waals surface area contributed by atoms with E-state index >= 15 is 0 Å². The first-order chi connectivity index (χ1) is 8.66. The molecule has 0 aliphatic carbocycles. The summed E-state index contributed by atoms with van der Waals surface area (Å²) < 4.78 is 26.4. The summed E-state index contributed by atoms with van der Waals surface area (Å²) in [6.07, 6.45) is 6.60. The number of hydrogen-bond donors (Lipinski definition) is 2. The van der Waals surface area contributed by atoms with Crippen LogP contribution in [0.4, 0.5) is 0 Å². The maximum absolute atomic E-state index is 11.9. The third-order valence-corrected chi connectivity index (χ3v) is 4.39. The largest absolute Gasteiger partial charge is 0.313 e. The Morgan fingerprint density at radius 1 is 1.32 bits per heavy atom.